The van der Waals surface area contributed by atoms with E-state index in [1.165, 1.54) is 0 Å². The van der Waals surface area contributed by atoms with Crippen molar-refractivity contribution in [1.82, 2.24) is 4.90 Å². The van der Waals surface area contributed by atoms with Gasteiger partial charge in [-0.05, 0) is 30.2 Å². The van der Waals surface area contributed by atoms with Gasteiger partial charge in [0.1, 0.15) is 18.0 Å². The van der Waals surface area contributed by atoms with Crippen molar-refractivity contribution in [1.29, 1.82) is 0 Å². The van der Waals surface area contributed by atoms with Crippen molar-refractivity contribution in [2.24, 2.45) is 5.92 Å². The lowest BCUT2D eigenvalue weighted by molar-refractivity contribution is -0.110. The Morgan fingerprint density at radius 3 is 2.55 bits per heavy atom. The molecule has 4 heteroatoms. The molecule has 0 aromatic heterocycles. The van der Waals surface area contributed by atoms with Crippen LogP contribution in [-0.2, 0) is 0 Å². The van der Waals surface area contributed by atoms with Crippen LogP contribution in [0.4, 0.5) is 0 Å². The summed E-state index contributed by atoms with van der Waals surface area (Å²) in [6.07, 6.45) is 1.67. The highest BCUT2D eigenvalue weighted by Crippen LogP contribution is 2.29. The second-order valence-corrected chi connectivity index (χ2v) is 5.54. The molecule has 1 N–H and O–H groups in total. The van der Waals surface area contributed by atoms with E-state index in [-0.39, 0.29) is 11.8 Å². The summed E-state index contributed by atoms with van der Waals surface area (Å²) >= 11 is 0. The Labute approximate surface area is 119 Å². The van der Waals surface area contributed by atoms with Crippen LogP contribution in [0.1, 0.15) is 24.2 Å². The average molecular weight is 275 g/mol. The van der Waals surface area contributed by atoms with Crippen LogP contribution in [0, 0.1) is 5.92 Å². The van der Waals surface area contributed by atoms with E-state index in [0.717, 1.165) is 0 Å². The van der Waals surface area contributed by atoms with E-state index in [4.69, 9.17) is 4.74 Å². The average Bonchev–Trinajstić information content (AvgIpc) is 2.41. The third-order valence-corrected chi connectivity index (χ3v) is 3.76. The molecule has 1 aromatic rings. The molecule has 1 aromatic carbocycles. The first kappa shape index (κ1) is 14.6. The molecule has 2 rings (SSSR count). The van der Waals surface area contributed by atoms with E-state index in [0.29, 0.717) is 31.0 Å². The lowest BCUT2D eigenvalue weighted by Crippen LogP contribution is -2.65. The number of β-amino-alcohol motifs (C(OH)–C–C–N with tert-alkyl or cyclic N) is 1. The summed E-state index contributed by atoms with van der Waals surface area (Å²) in [6, 6.07) is 7.03. The van der Waals surface area contributed by atoms with Gasteiger partial charge in [0.25, 0.3) is 5.91 Å². The Balaban J connectivity index is 1.96. The molecule has 1 heterocycles. The largest absolute Gasteiger partial charge is 0.490 e. The van der Waals surface area contributed by atoms with E-state index in [1.54, 1.807) is 35.2 Å². The van der Waals surface area contributed by atoms with Crippen LogP contribution in [0.5, 0.6) is 5.75 Å². The number of aliphatic hydroxyl groups is 1. The lowest BCUT2D eigenvalue weighted by Gasteiger charge is -2.49. The quantitative estimate of drug-likeness (QED) is 0.837. The van der Waals surface area contributed by atoms with Crippen molar-refractivity contribution in [3.05, 3.63) is 42.5 Å². The van der Waals surface area contributed by atoms with Crippen LogP contribution >= 0.6 is 0 Å². The molecule has 1 fully saturated rings. The van der Waals surface area contributed by atoms with Crippen LogP contribution in [-0.4, -0.2) is 41.2 Å². The summed E-state index contributed by atoms with van der Waals surface area (Å²) in [5, 5.41) is 10.2. The fourth-order valence-electron chi connectivity index (χ4n) is 2.15. The number of benzene rings is 1. The lowest BCUT2D eigenvalue weighted by atomic mass is 9.82. The Morgan fingerprint density at radius 1 is 1.45 bits per heavy atom. The fourth-order valence-corrected chi connectivity index (χ4v) is 2.15. The number of nitrogens with zero attached hydrogens (tertiary/aromatic N) is 1. The van der Waals surface area contributed by atoms with Gasteiger partial charge in [0.15, 0.2) is 0 Å². The van der Waals surface area contributed by atoms with Gasteiger partial charge in [-0.15, -0.1) is 0 Å². The molecule has 108 valence electrons. The number of hydrogen-bond donors (Lipinski definition) is 1. The van der Waals surface area contributed by atoms with Crippen LogP contribution in [0.15, 0.2) is 36.9 Å². The Morgan fingerprint density at radius 2 is 2.05 bits per heavy atom. The Hall–Kier alpha value is -1.81. The number of likely N-dealkylation sites (tertiary alicyclic amines) is 1. The summed E-state index contributed by atoms with van der Waals surface area (Å²) in [7, 11) is 0. The molecular formula is C16H21NO3. The molecule has 20 heavy (non-hydrogen) atoms. The molecule has 1 saturated heterocycles. The van der Waals surface area contributed by atoms with Crippen molar-refractivity contribution >= 4 is 5.91 Å². The van der Waals surface area contributed by atoms with Crippen molar-refractivity contribution in [3.8, 4) is 5.75 Å². The summed E-state index contributed by atoms with van der Waals surface area (Å²) < 4.78 is 5.37. The second kappa shape index (κ2) is 5.67. The van der Waals surface area contributed by atoms with Crippen LogP contribution < -0.4 is 4.74 Å². The Bertz CT molecular complexity index is 487. The maximum atomic E-state index is 12.2. The predicted molar refractivity (Wildman–Crippen MR) is 77.8 cm³/mol. The topological polar surface area (TPSA) is 49.8 Å². The van der Waals surface area contributed by atoms with Gasteiger partial charge < -0.3 is 14.7 Å². The number of carbonyl (C=O) groups excluding carboxylic acids is 1. The highest BCUT2D eigenvalue weighted by molar-refractivity contribution is 5.95. The Kier molecular flexibility index (Phi) is 4.14. The summed E-state index contributed by atoms with van der Waals surface area (Å²) in [6.45, 7) is 8.76. The first-order chi connectivity index (χ1) is 9.46. The van der Waals surface area contributed by atoms with Gasteiger partial charge in [0.05, 0.1) is 13.1 Å². The molecule has 0 spiro atoms. The van der Waals surface area contributed by atoms with Gasteiger partial charge in [0.2, 0.25) is 0 Å². The maximum absolute atomic E-state index is 12.2. The van der Waals surface area contributed by atoms with E-state index >= 15 is 0 Å². The van der Waals surface area contributed by atoms with Crippen molar-refractivity contribution in [3.63, 3.8) is 0 Å². The fraction of sp³-hybridized carbons (Fsp3) is 0.438. The normalized spacial score (nSPS) is 16.7. The maximum Gasteiger partial charge on any atom is 0.254 e. The van der Waals surface area contributed by atoms with Gasteiger partial charge in [-0.3, -0.25) is 4.79 Å². The molecule has 0 atom stereocenters. The highest BCUT2D eigenvalue weighted by atomic mass is 16.5. The van der Waals surface area contributed by atoms with Crippen molar-refractivity contribution < 1.29 is 14.6 Å². The zero-order chi connectivity index (χ0) is 14.8. The highest BCUT2D eigenvalue weighted by Gasteiger charge is 2.45. The molecule has 0 saturated carbocycles. The molecule has 0 radical (unpaired) electrons. The van der Waals surface area contributed by atoms with E-state index in [1.807, 2.05) is 13.8 Å². The molecular weight excluding hydrogens is 254 g/mol. The first-order valence-corrected chi connectivity index (χ1v) is 6.81. The SMILES string of the molecule is C=CCOc1ccc(C(=O)N2CC(O)(C(C)C)C2)cc1. The number of amides is 1. The molecule has 0 unspecified atom stereocenters. The minimum atomic E-state index is -0.733. The second-order valence-electron chi connectivity index (χ2n) is 5.54. The number of hydrogen-bond acceptors (Lipinski definition) is 3. The zero-order valence-corrected chi connectivity index (χ0v) is 12.0. The number of rotatable bonds is 5. The van der Waals surface area contributed by atoms with Gasteiger partial charge in [-0.2, -0.15) is 0 Å². The van der Waals surface area contributed by atoms with Gasteiger partial charge >= 0.3 is 0 Å². The zero-order valence-electron chi connectivity index (χ0n) is 12.0. The molecule has 0 bridgehead atoms. The van der Waals surface area contributed by atoms with Crippen LogP contribution in [0.25, 0.3) is 0 Å². The van der Waals surface area contributed by atoms with Gasteiger partial charge in [0, 0.05) is 5.56 Å². The third-order valence-electron chi connectivity index (χ3n) is 3.76. The summed E-state index contributed by atoms with van der Waals surface area (Å²) in [5.41, 5.74) is -0.121. The van der Waals surface area contributed by atoms with E-state index in [9.17, 15) is 9.90 Å². The van der Waals surface area contributed by atoms with E-state index in [2.05, 4.69) is 6.58 Å². The minimum absolute atomic E-state index is 0.0504. The summed E-state index contributed by atoms with van der Waals surface area (Å²) in [4.78, 5) is 13.9. The van der Waals surface area contributed by atoms with Crippen LogP contribution in [0.3, 0.4) is 0 Å². The smallest absolute Gasteiger partial charge is 0.254 e. The molecule has 1 amide bonds. The third kappa shape index (κ3) is 2.85. The van der Waals surface area contributed by atoms with Crippen molar-refractivity contribution in [2.75, 3.05) is 19.7 Å². The van der Waals surface area contributed by atoms with Gasteiger partial charge in [-0.1, -0.05) is 26.5 Å². The minimum Gasteiger partial charge on any atom is -0.490 e. The monoisotopic (exact) mass is 275 g/mol. The first-order valence-electron chi connectivity index (χ1n) is 6.81. The molecule has 1 aliphatic heterocycles. The molecule has 0 aliphatic carbocycles. The van der Waals surface area contributed by atoms with Crippen molar-refractivity contribution in [2.45, 2.75) is 19.4 Å². The number of carbonyl (C=O) groups is 1. The molecule has 1 aliphatic rings. The summed E-state index contributed by atoms with van der Waals surface area (Å²) in [5.74, 6) is 0.815. The van der Waals surface area contributed by atoms with Crippen LogP contribution in [0.2, 0.25) is 0 Å². The van der Waals surface area contributed by atoms with Gasteiger partial charge in [-0.25, -0.2) is 0 Å². The van der Waals surface area contributed by atoms with E-state index < -0.39 is 5.60 Å². The molecule has 4 nitrogen and oxygen atoms in total. The predicted octanol–water partition coefficient (Wildman–Crippen LogP) is 2.09. The number of ether oxygens (including phenoxy) is 1. The standard InChI is InChI=1S/C16H21NO3/c1-4-9-20-14-7-5-13(6-8-14)15(18)17-10-16(19,11-17)12(2)3/h4-8,12,19H,1,9-11H2,2-3H3.